The summed E-state index contributed by atoms with van der Waals surface area (Å²) >= 11 is 6.19. The summed E-state index contributed by atoms with van der Waals surface area (Å²) in [6, 6.07) is 3.73. The van der Waals surface area contributed by atoms with Crippen LogP contribution in [0.2, 0.25) is 5.02 Å². The van der Waals surface area contributed by atoms with Gasteiger partial charge in [-0.3, -0.25) is 0 Å². The first-order chi connectivity index (χ1) is 13.1. The molecule has 2 aliphatic carbocycles. The van der Waals surface area contributed by atoms with Gasteiger partial charge in [0.1, 0.15) is 16.6 Å². The monoisotopic (exact) mass is 392 g/mol. The van der Waals surface area contributed by atoms with Crippen LogP contribution < -0.4 is 4.74 Å². The third-order valence-electron chi connectivity index (χ3n) is 6.85. The van der Waals surface area contributed by atoms with Crippen molar-refractivity contribution in [3.8, 4) is 5.75 Å². The van der Waals surface area contributed by atoms with E-state index in [1.807, 2.05) is 19.1 Å². The average molecular weight is 393 g/mol. The average Bonchev–Trinajstić information content (AvgIpc) is 2.71. The fraction of sp³-hybridized carbons (Fsp3) is 0.667. The lowest BCUT2D eigenvalue weighted by Gasteiger charge is -2.38. The largest absolute Gasteiger partial charge is 0.492 e. The second-order valence-electron chi connectivity index (χ2n) is 8.41. The van der Waals surface area contributed by atoms with Crippen molar-refractivity contribution in [3.05, 3.63) is 40.7 Å². The summed E-state index contributed by atoms with van der Waals surface area (Å²) in [7, 11) is 0. The van der Waals surface area contributed by atoms with Gasteiger partial charge in [-0.15, -0.1) is 0 Å². The highest BCUT2D eigenvalue weighted by Crippen LogP contribution is 2.45. The molecule has 0 spiro atoms. The third kappa shape index (κ3) is 5.08. The molecule has 1 nitrogen and oxygen atoms in total. The molecule has 0 radical (unpaired) electrons. The lowest BCUT2D eigenvalue weighted by Crippen LogP contribution is -2.25. The smallest absolute Gasteiger partial charge is 0.149 e. The van der Waals surface area contributed by atoms with E-state index in [1.165, 1.54) is 44.9 Å². The molecule has 2 saturated carbocycles. The van der Waals surface area contributed by atoms with Crippen molar-refractivity contribution in [2.75, 3.05) is 6.61 Å². The van der Waals surface area contributed by atoms with E-state index in [9.17, 15) is 4.39 Å². The zero-order valence-electron chi connectivity index (χ0n) is 16.9. The molecule has 0 unspecified atom stereocenters. The first-order valence-corrected chi connectivity index (χ1v) is 11.2. The van der Waals surface area contributed by atoms with Crippen LogP contribution >= 0.6 is 11.6 Å². The van der Waals surface area contributed by atoms with E-state index in [-0.39, 0.29) is 10.8 Å². The molecule has 3 rings (SSSR count). The van der Waals surface area contributed by atoms with E-state index in [4.69, 9.17) is 16.3 Å². The number of allylic oxidation sites excluding steroid dienone is 2. The minimum Gasteiger partial charge on any atom is -0.492 e. The van der Waals surface area contributed by atoms with E-state index in [1.54, 1.807) is 0 Å². The minimum atomic E-state index is -0.268. The quantitative estimate of drug-likeness (QED) is 0.446. The van der Waals surface area contributed by atoms with Crippen molar-refractivity contribution in [1.29, 1.82) is 0 Å². The molecule has 0 aromatic heterocycles. The lowest BCUT2D eigenvalue weighted by molar-refractivity contribution is 0.160. The van der Waals surface area contributed by atoms with E-state index >= 15 is 0 Å². The summed E-state index contributed by atoms with van der Waals surface area (Å²) in [5.74, 6) is 3.13. The fourth-order valence-electron chi connectivity index (χ4n) is 5.25. The van der Waals surface area contributed by atoms with Gasteiger partial charge in [-0.25, -0.2) is 4.39 Å². The van der Waals surface area contributed by atoms with Crippen LogP contribution in [0.3, 0.4) is 0 Å². The maximum Gasteiger partial charge on any atom is 0.149 e. The van der Waals surface area contributed by atoms with Crippen molar-refractivity contribution in [1.82, 2.24) is 0 Å². The molecule has 1 aromatic carbocycles. The number of ether oxygens (including phenoxy) is 1. The Labute approximate surface area is 169 Å². The lowest BCUT2D eigenvalue weighted by atomic mass is 9.68. The summed E-state index contributed by atoms with van der Waals surface area (Å²) in [4.78, 5) is 0. The van der Waals surface area contributed by atoms with Gasteiger partial charge < -0.3 is 4.74 Å². The molecule has 0 N–H and O–H groups in total. The standard InChI is InChI=1S/C24H34ClFO/c1-3-5-6-17-7-9-18(10-8-17)19-11-13-20(14-12-19)21-15-16-22(27-4-2)23(25)24(21)26/h3,5,15-20H,4,6-14H2,1-2H3/b5-3-. The summed E-state index contributed by atoms with van der Waals surface area (Å²) in [6.45, 7) is 4.50. The zero-order valence-corrected chi connectivity index (χ0v) is 17.6. The van der Waals surface area contributed by atoms with E-state index < -0.39 is 0 Å². The molecular formula is C24H34ClFO. The van der Waals surface area contributed by atoms with Gasteiger partial charge in [0.05, 0.1) is 6.61 Å². The second-order valence-corrected chi connectivity index (χ2v) is 8.79. The highest BCUT2D eigenvalue weighted by molar-refractivity contribution is 6.32. The van der Waals surface area contributed by atoms with Gasteiger partial charge in [0, 0.05) is 0 Å². The van der Waals surface area contributed by atoms with Crippen molar-refractivity contribution < 1.29 is 9.13 Å². The molecule has 0 atom stereocenters. The topological polar surface area (TPSA) is 9.23 Å². The SMILES string of the molecule is C/C=C\CC1CCC(C2CCC(c3ccc(OCC)c(Cl)c3F)CC2)CC1. The predicted octanol–water partition coefficient (Wildman–Crippen LogP) is 7.92. The first kappa shape index (κ1) is 20.7. The van der Waals surface area contributed by atoms with Crippen LogP contribution in [-0.2, 0) is 0 Å². The first-order valence-electron chi connectivity index (χ1n) is 10.9. The molecule has 2 aliphatic rings. The highest BCUT2D eigenvalue weighted by Gasteiger charge is 2.32. The van der Waals surface area contributed by atoms with Crippen LogP contribution in [0.25, 0.3) is 0 Å². The van der Waals surface area contributed by atoms with Gasteiger partial charge in [-0.05, 0) is 107 Å². The molecule has 0 aliphatic heterocycles. The molecule has 0 bridgehead atoms. The summed E-state index contributed by atoms with van der Waals surface area (Å²) in [5.41, 5.74) is 0.789. The molecule has 2 fully saturated rings. The summed E-state index contributed by atoms with van der Waals surface area (Å²) in [5, 5.41) is 0.149. The molecule has 0 heterocycles. The van der Waals surface area contributed by atoms with Crippen LogP contribution in [0.4, 0.5) is 4.39 Å². The predicted molar refractivity (Wildman–Crippen MR) is 112 cm³/mol. The maximum atomic E-state index is 14.7. The Hall–Kier alpha value is -1.02. The molecular weight excluding hydrogens is 359 g/mol. The van der Waals surface area contributed by atoms with Crippen molar-refractivity contribution >= 4 is 11.6 Å². The Kier molecular flexibility index (Phi) is 7.64. The van der Waals surface area contributed by atoms with Crippen LogP contribution in [0.15, 0.2) is 24.3 Å². The van der Waals surface area contributed by atoms with E-state index in [0.717, 1.165) is 36.2 Å². The Morgan fingerprint density at radius 1 is 1.04 bits per heavy atom. The maximum absolute atomic E-state index is 14.7. The molecule has 1 aromatic rings. The summed E-state index contributed by atoms with van der Waals surface area (Å²) in [6.07, 6.45) is 16.0. The number of hydrogen-bond donors (Lipinski definition) is 0. The van der Waals surface area contributed by atoms with Crippen LogP contribution in [0, 0.1) is 23.6 Å². The second kappa shape index (κ2) is 9.96. The van der Waals surface area contributed by atoms with Crippen molar-refractivity contribution in [2.24, 2.45) is 17.8 Å². The molecule has 150 valence electrons. The Balaban J connectivity index is 1.53. The van der Waals surface area contributed by atoms with E-state index in [2.05, 4.69) is 19.1 Å². The number of benzene rings is 1. The fourth-order valence-corrected chi connectivity index (χ4v) is 5.48. The number of hydrogen-bond acceptors (Lipinski definition) is 1. The van der Waals surface area contributed by atoms with Gasteiger partial charge >= 0.3 is 0 Å². The normalized spacial score (nSPS) is 29.2. The van der Waals surface area contributed by atoms with Gasteiger partial charge in [0.2, 0.25) is 0 Å². The Bertz CT molecular complexity index is 626. The molecule has 0 saturated heterocycles. The van der Waals surface area contributed by atoms with Crippen LogP contribution in [0.5, 0.6) is 5.75 Å². The van der Waals surface area contributed by atoms with Crippen LogP contribution in [-0.4, -0.2) is 6.61 Å². The number of halogens is 2. The highest BCUT2D eigenvalue weighted by atomic mass is 35.5. The van der Waals surface area contributed by atoms with Gasteiger partial charge in [0.15, 0.2) is 0 Å². The Morgan fingerprint density at radius 3 is 2.26 bits per heavy atom. The molecule has 27 heavy (non-hydrogen) atoms. The molecule has 3 heteroatoms. The van der Waals surface area contributed by atoms with Crippen LogP contribution in [0.1, 0.15) is 83.1 Å². The van der Waals surface area contributed by atoms with Gasteiger partial charge in [-0.2, -0.15) is 0 Å². The Morgan fingerprint density at radius 2 is 1.67 bits per heavy atom. The van der Waals surface area contributed by atoms with E-state index in [0.29, 0.717) is 18.3 Å². The zero-order chi connectivity index (χ0) is 19.2. The summed E-state index contributed by atoms with van der Waals surface area (Å²) < 4.78 is 20.2. The minimum absolute atomic E-state index is 0.149. The van der Waals surface area contributed by atoms with Crippen molar-refractivity contribution in [3.63, 3.8) is 0 Å². The van der Waals surface area contributed by atoms with Gasteiger partial charge in [-0.1, -0.05) is 29.8 Å². The third-order valence-corrected chi connectivity index (χ3v) is 7.20. The van der Waals surface area contributed by atoms with Gasteiger partial charge in [0.25, 0.3) is 0 Å². The number of rotatable bonds is 6. The molecule has 0 amide bonds. The van der Waals surface area contributed by atoms with Crippen molar-refractivity contribution in [2.45, 2.75) is 77.6 Å².